The Morgan fingerprint density at radius 1 is 1.23 bits per heavy atom. The van der Waals surface area contributed by atoms with E-state index in [1.165, 1.54) is 18.3 Å². The molecule has 0 aliphatic rings. The summed E-state index contributed by atoms with van der Waals surface area (Å²) >= 11 is 9.48. The maximum atomic E-state index is 13.5. The molecular weight excluding hydrogens is 471 g/mol. The number of nitrogens with zero attached hydrogens (tertiary/aromatic N) is 4. The first-order valence-corrected chi connectivity index (χ1v) is 10.1. The van der Waals surface area contributed by atoms with Crippen LogP contribution in [0, 0.1) is 17.1 Å². The minimum Gasteiger partial charge on any atom is -0.379 e. The summed E-state index contributed by atoms with van der Waals surface area (Å²) in [6, 6.07) is 12.2. The Bertz CT molecular complexity index is 1300. The fraction of sp³-hybridized carbons (Fsp3) is 0.0952. The molecule has 30 heavy (non-hydrogen) atoms. The number of benzene rings is 2. The van der Waals surface area contributed by atoms with E-state index in [0.29, 0.717) is 29.0 Å². The molecular formula is C21H15BrClFN6. The fourth-order valence-electron chi connectivity index (χ4n) is 3.07. The van der Waals surface area contributed by atoms with Crippen molar-refractivity contribution < 1.29 is 4.39 Å². The summed E-state index contributed by atoms with van der Waals surface area (Å²) < 4.78 is 16.1. The average molecular weight is 486 g/mol. The van der Waals surface area contributed by atoms with Crippen molar-refractivity contribution in [2.24, 2.45) is 7.05 Å². The number of hydrogen-bond acceptors (Lipinski definition) is 5. The highest BCUT2D eigenvalue weighted by Crippen LogP contribution is 2.35. The molecule has 2 aromatic carbocycles. The summed E-state index contributed by atoms with van der Waals surface area (Å²) in [6.45, 7) is 0.580. The number of nitriles is 1. The first-order valence-electron chi connectivity index (χ1n) is 8.91. The molecule has 0 spiro atoms. The van der Waals surface area contributed by atoms with Crippen LogP contribution in [0.1, 0.15) is 11.3 Å². The smallest absolute Gasteiger partial charge is 0.141 e. The second-order valence-electron chi connectivity index (χ2n) is 6.57. The van der Waals surface area contributed by atoms with Crippen molar-refractivity contribution in [3.8, 4) is 6.07 Å². The quantitative estimate of drug-likeness (QED) is 0.376. The molecule has 2 N–H and O–H groups in total. The van der Waals surface area contributed by atoms with Crippen LogP contribution in [0.3, 0.4) is 0 Å². The van der Waals surface area contributed by atoms with Gasteiger partial charge in [0.2, 0.25) is 0 Å². The first kappa shape index (κ1) is 20.1. The van der Waals surface area contributed by atoms with Crippen LogP contribution in [0.15, 0.2) is 53.3 Å². The number of aromatic nitrogens is 3. The summed E-state index contributed by atoms with van der Waals surface area (Å²) in [4.78, 5) is 4.41. The molecule has 150 valence electrons. The molecule has 0 aliphatic heterocycles. The predicted octanol–water partition coefficient (Wildman–Crippen LogP) is 5.75. The normalized spacial score (nSPS) is 10.8. The molecule has 2 aromatic heterocycles. The second-order valence-corrected chi connectivity index (χ2v) is 7.83. The number of aryl methyl sites for hydroxylation is 1. The van der Waals surface area contributed by atoms with E-state index >= 15 is 0 Å². The molecule has 4 rings (SSSR count). The van der Waals surface area contributed by atoms with Gasteiger partial charge in [0.25, 0.3) is 0 Å². The standard InChI is InChI=1S/C21H15BrClFN6/c1-30-15(4-5-28-30)11-26-14-6-16-20(29-13-2-3-19(24)18(23)8-13)12(9-25)10-27-21(16)17(22)7-14/h2-8,10,26H,11H2,1H3,(H,27,29). The molecule has 0 unspecified atom stereocenters. The molecule has 0 saturated heterocycles. The topological polar surface area (TPSA) is 78.6 Å². The van der Waals surface area contributed by atoms with Crippen LogP contribution in [0.25, 0.3) is 10.9 Å². The lowest BCUT2D eigenvalue weighted by atomic mass is 10.1. The lowest BCUT2D eigenvalue weighted by molar-refractivity contribution is 0.628. The van der Waals surface area contributed by atoms with Crippen molar-refractivity contribution in [1.29, 1.82) is 5.26 Å². The first-order chi connectivity index (χ1) is 14.5. The monoisotopic (exact) mass is 484 g/mol. The minimum absolute atomic E-state index is 0.00316. The summed E-state index contributed by atoms with van der Waals surface area (Å²) in [5.41, 5.74) is 4.04. The van der Waals surface area contributed by atoms with Gasteiger partial charge < -0.3 is 10.6 Å². The Balaban J connectivity index is 1.77. The van der Waals surface area contributed by atoms with Crippen LogP contribution in [0.5, 0.6) is 0 Å². The van der Waals surface area contributed by atoms with Crippen molar-refractivity contribution in [2.75, 3.05) is 10.6 Å². The highest BCUT2D eigenvalue weighted by molar-refractivity contribution is 9.10. The summed E-state index contributed by atoms with van der Waals surface area (Å²) in [5.74, 6) is -0.508. The van der Waals surface area contributed by atoms with E-state index in [0.717, 1.165) is 21.2 Å². The maximum Gasteiger partial charge on any atom is 0.141 e. The SMILES string of the molecule is Cn1nccc1CNc1cc(Br)c2ncc(C#N)c(Nc3ccc(F)c(Cl)c3)c2c1. The van der Waals surface area contributed by atoms with E-state index in [-0.39, 0.29) is 5.02 Å². The van der Waals surface area contributed by atoms with Gasteiger partial charge in [-0.2, -0.15) is 10.4 Å². The van der Waals surface area contributed by atoms with Gasteiger partial charge in [-0.3, -0.25) is 9.67 Å². The van der Waals surface area contributed by atoms with E-state index in [1.807, 2.05) is 25.2 Å². The number of fused-ring (bicyclic) bond motifs is 1. The highest BCUT2D eigenvalue weighted by Gasteiger charge is 2.14. The zero-order valence-electron chi connectivity index (χ0n) is 15.7. The Hall–Kier alpha value is -3.15. The Kier molecular flexibility index (Phi) is 5.57. The van der Waals surface area contributed by atoms with Crippen LogP contribution >= 0.6 is 27.5 Å². The molecule has 0 bridgehead atoms. The van der Waals surface area contributed by atoms with Gasteiger partial charge in [0.15, 0.2) is 0 Å². The Morgan fingerprint density at radius 2 is 2.07 bits per heavy atom. The van der Waals surface area contributed by atoms with Gasteiger partial charge in [0.1, 0.15) is 11.9 Å². The largest absolute Gasteiger partial charge is 0.379 e. The van der Waals surface area contributed by atoms with Gasteiger partial charge in [-0.15, -0.1) is 0 Å². The van der Waals surface area contributed by atoms with Crippen LogP contribution in [0.4, 0.5) is 21.5 Å². The molecule has 0 aliphatic carbocycles. The van der Waals surface area contributed by atoms with E-state index in [4.69, 9.17) is 11.6 Å². The van der Waals surface area contributed by atoms with Gasteiger partial charge in [-0.05, 0) is 52.3 Å². The van der Waals surface area contributed by atoms with Crippen molar-refractivity contribution in [1.82, 2.24) is 14.8 Å². The van der Waals surface area contributed by atoms with Crippen LogP contribution < -0.4 is 10.6 Å². The van der Waals surface area contributed by atoms with Gasteiger partial charge in [0.05, 0.1) is 34.0 Å². The maximum absolute atomic E-state index is 13.5. The number of nitrogens with one attached hydrogen (secondary N) is 2. The summed E-state index contributed by atoms with van der Waals surface area (Å²) in [7, 11) is 1.88. The molecule has 0 fully saturated rings. The molecule has 9 heteroatoms. The van der Waals surface area contributed by atoms with Gasteiger partial charge in [-0.1, -0.05) is 11.6 Å². The van der Waals surface area contributed by atoms with E-state index in [9.17, 15) is 9.65 Å². The predicted molar refractivity (Wildman–Crippen MR) is 119 cm³/mol. The van der Waals surface area contributed by atoms with Crippen molar-refractivity contribution >= 4 is 55.5 Å². The van der Waals surface area contributed by atoms with Crippen LogP contribution in [-0.2, 0) is 13.6 Å². The molecule has 0 radical (unpaired) electrons. The molecule has 0 atom stereocenters. The number of rotatable bonds is 5. The highest BCUT2D eigenvalue weighted by atomic mass is 79.9. The third-order valence-corrected chi connectivity index (χ3v) is 5.52. The molecule has 0 amide bonds. The second kappa shape index (κ2) is 8.30. The number of pyridine rings is 1. The third-order valence-electron chi connectivity index (χ3n) is 4.63. The molecule has 4 aromatic rings. The van der Waals surface area contributed by atoms with Crippen molar-refractivity contribution in [2.45, 2.75) is 6.54 Å². The van der Waals surface area contributed by atoms with E-state index in [1.54, 1.807) is 16.9 Å². The van der Waals surface area contributed by atoms with E-state index in [2.05, 4.69) is 42.7 Å². The molecule has 0 saturated carbocycles. The minimum atomic E-state index is -0.508. The third kappa shape index (κ3) is 3.95. The Morgan fingerprint density at radius 3 is 2.77 bits per heavy atom. The van der Waals surface area contributed by atoms with Crippen molar-refractivity contribution in [3.05, 3.63) is 75.4 Å². The number of halogens is 3. The van der Waals surface area contributed by atoms with E-state index < -0.39 is 5.82 Å². The molecule has 6 nitrogen and oxygen atoms in total. The average Bonchev–Trinajstić information content (AvgIpc) is 3.14. The zero-order chi connectivity index (χ0) is 21.3. The fourth-order valence-corrected chi connectivity index (χ4v) is 3.81. The van der Waals surface area contributed by atoms with Gasteiger partial charge in [0, 0.05) is 40.7 Å². The summed E-state index contributed by atoms with van der Waals surface area (Å²) in [6.07, 6.45) is 3.25. The Labute approximate surface area is 185 Å². The van der Waals surface area contributed by atoms with Crippen LogP contribution in [-0.4, -0.2) is 14.8 Å². The number of anilines is 3. The lowest BCUT2D eigenvalue weighted by Gasteiger charge is -2.15. The van der Waals surface area contributed by atoms with Gasteiger partial charge >= 0.3 is 0 Å². The zero-order valence-corrected chi connectivity index (χ0v) is 18.1. The number of hydrogen-bond donors (Lipinski definition) is 2. The summed E-state index contributed by atoms with van der Waals surface area (Å²) in [5, 5.41) is 21.1. The van der Waals surface area contributed by atoms with Gasteiger partial charge in [-0.25, -0.2) is 4.39 Å². The lowest BCUT2D eigenvalue weighted by Crippen LogP contribution is -2.06. The molecule has 2 heterocycles. The van der Waals surface area contributed by atoms with Crippen molar-refractivity contribution in [3.63, 3.8) is 0 Å². The van der Waals surface area contributed by atoms with Crippen LogP contribution in [0.2, 0.25) is 5.02 Å².